The van der Waals surface area contributed by atoms with Gasteiger partial charge in [0.05, 0.1) is 28.0 Å². The predicted molar refractivity (Wildman–Crippen MR) is 82.7 cm³/mol. The van der Waals surface area contributed by atoms with Crippen LogP contribution >= 0.6 is 15.9 Å². The first-order valence-electron chi connectivity index (χ1n) is 6.15. The van der Waals surface area contributed by atoms with E-state index in [-0.39, 0.29) is 22.8 Å². The van der Waals surface area contributed by atoms with E-state index < -0.39 is 25.4 Å². The first kappa shape index (κ1) is 16.7. The molecule has 21 heavy (non-hydrogen) atoms. The molecule has 1 heterocycles. The zero-order valence-corrected chi connectivity index (χ0v) is 14.8. The quantitative estimate of drug-likeness (QED) is 0.826. The summed E-state index contributed by atoms with van der Waals surface area (Å²) in [6.07, 6.45) is 0.270. The van der Waals surface area contributed by atoms with Crippen molar-refractivity contribution in [1.82, 2.24) is 4.72 Å². The molecule has 0 spiro atoms. The van der Waals surface area contributed by atoms with Crippen molar-refractivity contribution in [2.45, 2.75) is 23.8 Å². The van der Waals surface area contributed by atoms with Crippen molar-refractivity contribution in [3.05, 3.63) is 22.7 Å². The molecule has 0 bridgehead atoms. The molecule has 1 fully saturated rings. The number of hydrogen-bond donors (Lipinski definition) is 1. The van der Waals surface area contributed by atoms with Crippen LogP contribution in [0.15, 0.2) is 27.6 Å². The molecule has 1 aromatic carbocycles. The topological polar surface area (TPSA) is 89.5 Å². The maximum absolute atomic E-state index is 12.4. The van der Waals surface area contributed by atoms with Gasteiger partial charge in [-0.05, 0) is 47.5 Å². The summed E-state index contributed by atoms with van der Waals surface area (Å²) < 4.78 is 55.9. The van der Waals surface area contributed by atoms with Crippen LogP contribution in [0.25, 0.3) is 0 Å². The number of sulfonamides is 1. The maximum atomic E-state index is 12.4. The van der Waals surface area contributed by atoms with Crippen molar-refractivity contribution in [2.24, 2.45) is 0 Å². The molecule has 1 aliphatic heterocycles. The van der Waals surface area contributed by atoms with Crippen LogP contribution in [0.3, 0.4) is 0 Å². The van der Waals surface area contributed by atoms with Crippen molar-refractivity contribution in [3.8, 4) is 5.75 Å². The zero-order chi connectivity index (χ0) is 15.9. The molecule has 6 nitrogen and oxygen atoms in total. The molecular weight excluding hydrogens is 382 g/mol. The number of ether oxygens (including phenoxy) is 1. The average Bonchev–Trinajstić information content (AvgIpc) is 2.62. The molecule has 9 heteroatoms. The minimum atomic E-state index is -3.80. The highest BCUT2D eigenvalue weighted by atomic mass is 79.9. The van der Waals surface area contributed by atoms with Gasteiger partial charge in [0.2, 0.25) is 10.0 Å². The molecule has 0 radical (unpaired) electrons. The van der Waals surface area contributed by atoms with Crippen LogP contribution in [0.4, 0.5) is 0 Å². The van der Waals surface area contributed by atoms with Gasteiger partial charge in [0.15, 0.2) is 9.84 Å². The van der Waals surface area contributed by atoms with Gasteiger partial charge in [-0.25, -0.2) is 21.6 Å². The zero-order valence-electron chi connectivity index (χ0n) is 11.6. The van der Waals surface area contributed by atoms with Gasteiger partial charge in [-0.1, -0.05) is 0 Å². The van der Waals surface area contributed by atoms with Crippen LogP contribution in [-0.4, -0.2) is 41.0 Å². The monoisotopic (exact) mass is 397 g/mol. The van der Waals surface area contributed by atoms with Crippen LogP contribution in [0, 0.1) is 0 Å². The standard InChI is InChI=1S/C12H16BrNO5S2/c1-12(5-6-20(15,16)8-12)14-21(17,18)9-3-4-11(19-2)10(13)7-9/h3-4,7,14H,5-6,8H2,1-2H3. The van der Waals surface area contributed by atoms with Gasteiger partial charge in [0, 0.05) is 5.54 Å². The lowest BCUT2D eigenvalue weighted by atomic mass is 10.0. The summed E-state index contributed by atoms with van der Waals surface area (Å²) in [4.78, 5) is 0.0562. The number of benzene rings is 1. The van der Waals surface area contributed by atoms with Crippen molar-refractivity contribution >= 4 is 35.8 Å². The Balaban J connectivity index is 2.29. The van der Waals surface area contributed by atoms with Gasteiger partial charge in [0.1, 0.15) is 5.75 Å². The lowest BCUT2D eigenvalue weighted by molar-refractivity contribution is 0.411. The van der Waals surface area contributed by atoms with Crippen molar-refractivity contribution in [2.75, 3.05) is 18.6 Å². The molecule has 2 rings (SSSR count). The highest BCUT2D eigenvalue weighted by molar-refractivity contribution is 9.10. The van der Waals surface area contributed by atoms with Gasteiger partial charge < -0.3 is 4.74 Å². The van der Waals surface area contributed by atoms with E-state index >= 15 is 0 Å². The van der Waals surface area contributed by atoms with E-state index in [1.54, 1.807) is 6.92 Å². The molecule has 0 aromatic heterocycles. The second kappa shape index (κ2) is 5.53. The Bertz CT molecular complexity index is 760. The first-order chi connectivity index (χ1) is 9.57. The third-order valence-electron chi connectivity index (χ3n) is 3.32. The van der Waals surface area contributed by atoms with E-state index in [1.807, 2.05) is 0 Å². The number of hydrogen-bond acceptors (Lipinski definition) is 5. The summed E-state index contributed by atoms with van der Waals surface area (Å²) in [6.45, 7) is 1.60. The SMILES string of the molecule is COc1ccc(S(=O)(=O)NC2(C)CCS(=O)(=O)C2)cc1Br. The Morgan fingerprint density at radius 3 is 2.52 bits per heavy atom. The van der Waals surface area contributed by atoms with Gasteiger partial charge in [0.25, 0.3) is 0 Å². The number of rotatable bonds is 4. The van der Waals surface area contributed by atoms with Crippen LogP contribution in [0.5, 0.6) is 5.75 Å². The Morgan fingerprint density at radius 2 is 2.05 bits per heavy atom. The number of methoxy groups -OCH3 is 1. The fourth-order valence-electron chi connectivity index (χ4n) is 2.29. The normalized spacial score (nSPS) is 24.9. The van der Waals surface area contributed by atoms with E-state index in [1.165, 1.54) is 25.3 Å². The van der Waals surface area contributed by atoms with E-state index in [0.717, 1.165) is 0 Å². The van der Waals surface area contributed by atoms with E-state index in [9.17, 15) is 16.8 Å². The van der Waals surface area contributed by atoms with Gasteiger partial charge in [-0.15, -0.1) is 0 Å². The summed E-state index contributed by atoms with van der Waals surface area (Å²) in [5, 5.41) is 0. The molecule has 0 amide bonds. The smallest absolute Gasteiger partial charge is 0.241 e. The van der Waals surface area contributed by atoms with Crippen LogP contribution in [0.2, 0.25) is 0 Å². The van der Waals surface area contributed by atoms with Gasteiger partial charge >= 0.3 is 0 Å². The van der Waals surface area contributed by atoms with E-state index in [2.05, 4.69) is 20.7 Å². The Kier molecular flexibility index (Phi) is 4.40. The molecule has 1 aromatic rings. The Morgan fingerprint density at radius 1 is 1.38 bits per heavy atom. The molecule has 1 atom stereocenters. The highest BCUT2D eigenvalue weighted by Gasteiger charge is 2.41. The summed E-state index contributed by atoms with van der Waals surface area (Å²) >= 11 is 3.23. The first-order valence-corrected chi connectivity index (χ1v) is 10.2. The third kappa shape index (κ3) is 3.77. The molecule has 118 valence electrons. The number of nitrogens with one attached hydrogen (secondary N) is 1. The third-order valence-corrected chi connectivity index (χ3v) is 7.48. The fraction of sp³-hybridized carbons (Fsp3) is 0.500. The largest absolute Gasteiger partial charge is 0.496 e. The van der Waals surface area contributed by atoms with Crippen LogP contribution < -0.4 is 9.46 Å². The van der Waals surface area contributed by atoms with E-state index in [4.69, 9.17) is 4.74 Å². The number of sulfone groups is 1. The molecule has 1 unspecified atom stereocenters. The Hall–Kier alpha value is -0.640. The number of halogens is 1. The summed E-state index contributed by atoms with van der Waals surface area (Å²) in [5.74, 6) is 0.332. The fourth-order valence-corrected chi connectivity index (χ4v) is 6.63. The molecule has 1 saturated heterocycles. The molecule has 0 saturated carbocycles. The lowest BCUT2D eigenvalue weighted by Crippen LogP contribution is -2.46. The highest BCUT2D eigenvalue weighted by Crippen LogP contribution is 2.29. The van der Waals surface area contributed by atoms with Gasteiger partial charge in [-0.3, -0.25) is 0 Å². The Labute approximate surface area is 133 Å². The van der Waals surface area contributed by atoms with Crippen LogP contribution in [0.1, 0.15) is 13.3 Å². The van der Waals surface area contributed by atoms with Crippen molar-refractivity contribution in [1.29, 1.82) is 0 Å². The second-order valence-corrected chi connectivity index (χ2v) is 10.0. The van der Waals surface area contributed by atoms with Crippen molar-refractivity contribution < 1.29 is 21.6 Å². The predicted octanol–water partition coefficient (Wildman–Crippen LogP) is 1.31. The maximum Gasteiger partial charge on any atom is 0.241 e. The lowest BCUT2D eigenvalue weighted by Gasteiger charge is -2.23. The average molecular weight is 398 g/mol. The van der Waals surface area contributed by atoms with Gasteiger partial charge in [-0.2, -0.15) is 0 Å². The summed E-state index contributed by atoms with van der Waals surface area (Å²) in [5.41, 5.74) is -0.968. The molecular formula is C12H16BrNO5S2. The van der Waals surface area contributed by atoms with Crippen LogP contribution in [-0.2, 0) is 19.9 Å². The minimum Gasteiger partial charge on any atom is -0.496 e. The summed E-state index contributed by atoms with van der Waals surface area (Å²) in [7, 11) is -5.50. The molecule has 0 aliphatic carbocycles. The molecule has 1 aliphatic rings. The minimum absolute atomic E-state index is 0.00166. The van der Waals surface area contributed by atoms with Crippen molar-refractivity contribution in [3.63, 3.8) is 0 Å². The van der Waals surface area contributed by atoms with E-state index in [0.29, 0.717) is 10.2 Å². The second-order valence-electron chi connectivity index (χ2n) is 5.30. The molecule has 1 N–H and O–H groups in total. The summed E-state index contributed by atoms with van der Waals surface area (Å²) in [6, 6.07) is 4.37.